The van der Waals surface area contributed by atoms with Crippen LogP contribution in [0, 0.1) is 26.7 Å². The van der Waals surface area contributed by atoms with Crippen molar-refractivity contribution >= 4 is 11.5 Å². The maximum Gasteiger partial charge on any atom is 0.163 e. The van der Waals surface area contributed by atoms with Gasteiger partial charge in [0, 0.05) is 35.3 Å². The van der Waals surface area contributed by atoms with Crippen molar-refractivity contribution in [1.29, 1.82) is 0 Å². The van der Waals surface area contributed by atoms with E-state index in [0.717, 1.165) is 41.3 Å². The van der Waals surface area contributed by atoms with Crippen LogP contribution in [0.25, 0.3) is 16.9 Å². The largest absolute Gasteiger partial charge is 0.361 e. The highest BCUT2D eigenvalue weighted by atomic mass is 16.1. The van der Waals surface area contributed by atoms with Gasteiger partial charge in [-0.2, -0.15) is 5.10 Å². The van der Waals surface area contributed by atoms with Gasteiger partial charge >= 0.3 is 0 Å². The quantitative estimate of drug-likeness (QED) is 0.227. The highest BCUT2D eigenvalue weighted by Crippen LogP contribution is 2.40. The summed E-state index contributed by atoms with van der Waals surface area (Å²) in [5.74, 6) is 0.833. The van der Waals surface area contributed by atoms with Crippen molar-refractivity contribution in [1.82, 2.24) is 9.78 Å². The van der Waals surface area contributed by atoms with Crippen molar-refractivity contribution < 1.29 is 4.79 Å². The molecule has 1 aliphatic carbocycles. The summed E-state index contributed by atoms with van der Waals surface area (Å²) < 4.78 is 2.17. The molecule has 0 amide bonds. The van der Waals surface area contributed by atoms with Gasteiger partial charge in [-0.3, -0.25) is 4.79 Å². The van der Waals surface area contributed by atoms with Gasteiger partial charge in [0.15, 0.2) is 5.78 Å². The Balaban J connectivity index is 1.39. The lowest BCUT2D eigenvalue weighted by molar-refractivity contribution is 0.0962. The van der Waals surface area contributed by atoms with Gasteiger partial charge in [0.25, 0.3) is 0 Å². The van der Waals surface area contributed by atoms with Gasteiger partial charge in [0.2, 0.25) is 0 Å². The molecule has 2 heterocycles. The fourth-order valence-corrected chi connectivity index (χ4v) is 6.81. The van der Waals surface area contributed by atoms with Gasteiger partial charge in [-0.25, -0.2) is 4.68 Å². The number of fused-ring (bicyclic) bond motifs is 1. The van der Waals surface area contributed by atoms with Crippen LogP contribution >= 0.6 is 0 Å². The smallest absolute Gasteiger partial charge is 0.163 e. The van der Waals surface area contributed by atoms with E-state index in [4.69, 9.17) is 5.10 Å². The Bertz CT molecular complexity index is 1580. The molecule has 0 N–H and O–H groups in total. The van der Waals surface area contributed by atoms with Crippen LogP contribution in [0.3, 0.4) is 0 Å². The molecule has 3 aromatic carbocycles. The van der Waals surface area contributed by atoms with Crippen molar-refractivity contribution in [2.45, 2.75) is 92.2 Å². The summed E-state index contributed by atoms with van der Waals surface area (Å²) in [6.45, 7) is 14.9. The first kappa shape index (κ1) is 27.5. The maximum atomic E-state index is 13.1. The molecule has 2 aliphatic rings. The Kier molecular flexibility index (Phi) is 7.13. The topological polar surface area (TPSA) is 38.1 Å². The molecule has 0 atom stereocenters. The van der Waals surface area contributed by atoms with Gasteiger partial charge in [-0.1, -0.05) is 101 Å². The van der Waals surface area contributed by atoms with Crippen LogP contribution in [0.5, 0.6) is 0 Å². The van der Waals surface area contributed by atoms with E-state index in [9.17, 15) is 4.79 Å². The minimum atomic E-state index is 0.0934. The number of hydrogen-bond acceptors (Lipinski definition) is 3. The van der Waals surface area contributed by atoms with Crippen molar-refractivity contribution in [2.24, 2.45) is 5.92 Å². The third-order valence-electron chi connectivity index (χ3n) is 9.25. The summed E-state index contributed by atoms with van der Waals surface area (Å²) in [7, 11) is 0. The average Bonchev–Trinajstić information content (AvgIpc) is 3.65. The van der Waals surface area contributed by atoms with E-state index in [0.29, 0.717) is 12.3 Å². The fourth-order valence-electron chi connectivity index (χ4n) is 6.81. The normalized spacial score (nSPS) is 15.5. The molecule has 1 aliphatic heterocycles. The molecule has 1 aromatic heterocycles. The highest BCUT2D eigenvalue weighted by molar-refractivity contribution is 5.96. The second-order valence-corrected chi connectivity index (χ2v) is 13.4. The van der Waals surface area contributed by atoms with Crippen LogP contribution in [-0.2, 0) is 18.5 Å². The number of aromatic nitrogens is 2. The lowest BCUT2D eigenvalue weighted by Crippen LogP contribution is -2.19. The number of Topliss-reactive ketones (excluding diaryl/α,β-unsaturated/α-hetero) is 1. The Hall–Kier alpha value is -3.66. The molecule has 4 heteroatoms. The Morgan fingerprint density at radius 3 is 2.22 bits per heavy atom. The van der Waals surface area contributed by atoms with Gasteiger partial charge in [-0.15, -0.1) is 0 Å². The standard InChI is InChI=1S/C37H43N3O/c1-24-14-19-30(37(4,5)6)21-33(24)39-22-31-32(23-39)38-40(35-25(2)10-9-11-26(35)3)36(31)29-17-15-28(16-18-29)34(41)20-27-12-7-8-13-27/h9-11,14-19,21,27H,7-8,12-13,20,22-23H2,1-6H3. The molecule has 4 nitrogen and oxygen atoms in total. The number of anilines is 1. The molecular weight excluding hydrogens is 502 g/mol. The molecule has 41 heavy (non-hydrogen) atoms. The molecule has 0 bridgehead atoms. The van der Waals surface area contributed by atoms with Crippen molar-refractivity contribution in [3.8, 4) is 16.9 Å². The first-order chi connectivity index (χ1) is 19.6. The summed E-state index contributed by atoms with van der Waals surface area (Å²) in [5.41, 5.74) is 13.1. The molecule has 0 saturated heterocycles. The number of rotatable bonds is 6. The number of nitrogens with zero attached hydrogens (tertiary/aromatic N) is 3. The van der Waals surface area contributed by atoms with Crippen LogP contribution in [-0.4, -0.2) is 15.6 Å². The summed E-state index contributed by atoms with van der Waals surface area (Å²) in [6, 6.07) is 21.7. The van der Waals surface area contributed by atoms with Crippen LogP contribution < -0.4 is 4.90 Å². The zero-order chi connectivity index (χ0) is 28.9. The lowest BCUT2D eigenvalue weighted by Gasteiger charge is -2.26. The van der Waals surface area contributed by atoms with Gasteiger partial charge < -0.3 is 4.90 Å². The Morgan fingerprint density at radius 2 is 1.56 bits per heavy atom. The second-order valence-electron chi connectivity index (χ2n) is 13.4. The van der Waals surface area contributed by atoms with E-state index >= 15 is 0 Å². The van der Waals surface area contributed by atoms with E-state index in [1.807, 2.05) is 12.1 Å². The van der Waals surface area contributed by atoms with Crippen molar-refractivity contribution in [2.75, 3.05) is 4.90 Å². The van der Waals surface area contributed by atoms with Crippen molar-refractivity contribution in [3.05, 3.63) is 99.7 Å². The number of carbonyl (C=O) groups is 1. The zero-order valence-corrected chi connectivity index (χ0v) is 25.6. The molecular formula is C37H43N3O. The molecule has 6 rings (SSSR count). The van der Waals surface area contributed by atoms with Crippen LogP contribution in [0.2, 0.25) is 0 Å². The fraction of sp³-hybridized carbons (Fsp3) is 0.405. The summed E-state index contributed by atoms with van der Waals surface area (Å²) in [5, 5.41) is 5.27. The Labute approximate surface area is 245 Å². The number of benzene rings is 3. The highest BCUT2D eigenvalue weighted by Gasteiger charge is 2.31. The molecule has 212 valence electrons. The third kappa shape index (κ3) is 5.25. The predicted octanol–water partition coefficient (Wildman–Crippen LogP) is 9.05. The third-order valence-corrected chi connectivity index (χ3v) is 9.25. The number of ketones is 1. The van der Waals surface area contributed by atoms with Crippen LogP contribution in [0.1, 0.15) is 96.7 Å². The summed E-state index contributed by atoms with van der Waals surface area (Å²) >= 11 is 0. The van der Waals surface area contributed by atoms with E-state index in [1.54, 1.807) is 0 Å². The van der Waals surface area contributed by atoms with Gasteiger partial charge in [-0.05, 0) is 60.4 Å². The molecule has 1 saturated carbocycles. The zero-order valence-electron chi connectivity index (χ0n) is 25.6. The SMILES string of the molecule is Cc1ccc(C(C)(C)C)cc1N1Cc2nn(-c3c(C)cccc3C)c(-c3ccc(C(=O)CC4CCCC4)cc3)c2C1. The average molecular weight is 546 g/mol. The van der Waals surface area contributed by atoms with Gasteiger partial charge in [0.05, 0.1) is 23.6 Å². The van der Waals surface area contributed by atoms with Gasteiger partial charge in [0.1, 0.15) is 0 Å². The van der Waals surface area contributed by atoms with E-state index in [2.05, 4.69) is 99.7 Å². The number of carbonyl (C=O) groups excluding carboxylic acids is 1. The van der Waals surface area contributed by atoms with E-state index < -0.39 is 0 Å². The lowest BCUT2D eigenvalue weighted by atomic mass is 9.86. The molecule has 0 unspecified atom stereocenters. The monoisotopic (exact) mass is 545 g/mol. The number of aryl methyl sites for hydroxylation is 3. The van der Waals surface area contributed by atoms with Crippen molar-refractivity contribution in [3.63, 3.8) is 0 Å². The summed E-state index contributed by atoms with van der Waals surface area (Å²) in [6.07, 6.45) is 5.60. The number of hydrogen-bond donors (Lipinski definition) is 0. The van der Waals surface area contributed by atoms with Crippen LogP contribution in [0.15, 0.2) is 60.7 Å². The minimum Gasteiger partial charge on any atom is -0.361 e. The second kappa shape index (κ2) is 10.6. The van der Waals surface area contributed by atoms with E-state index in [1.165, 1.54) is 59.2 Å². The first-order valence-corrected chi connectivity index (χ1v) is 15.3. The molecule has 4 aromatic rings. The van der Waals surface area contributed by atoms with E-state index in [-0.39, 0.29) is 11.2 Å². The maximum absolute atomic E-state index is 13.1. The molecule has 0 radical (unpaired) electrons. The first-order valence-electron chi connectivity index (χ1n) is 15.3. The van der Waals surface area contributed by atoms with Crippen LogP contribution in [0.4, 0.5) is 5.69 Å². The molecule has 1 fully saturated rings. The number of para-hydroxylation sites is 1. The minimum absolute atomic E-state index is 0.0934. The summed E-state index contributed by atoms with van der Waals surface area (Å²) in [4.78, 5) is 15.5. The molecule has 0 spiro atoms. The Morgan fingerprint density at radius 1 is 0.878 bits per heavy atom. The predicted molar refractivity (Wildman–Crippen MR) is 169 cm³/mol.